The molecule has 0 radical (unpaired) electrons. The molecule has 2 rings (SSSR count). The molecule has 4 nitrogen and oxygen atoms in total. The second-order valence-electron chi connectivity index (χ2n) is 6.08. The number of halogens is 1. The molecule has 0 heterocycles. The number of nitrogens with zero attached hydrogens (tertiary/aromatic N) is 1. The Labute approximate surface area is 155 Å². The molecule has 0 fully saturated rings. The van der Waals surface area contributed by atoms with Gasteiger partial charge in [0.25, 0.3) is 0 Å². The zero-order valence-corrected chi connectivity index (χ0v) is 15.6. The Morgan fingerprint density at radius 3 is 2.52 bits per heavy atom. The van der Waals surface area contributed by atoms with Crippen LogP contribution in [0.25, 0.3) is 0 Å². The monoisotopic (exact) mass is 359 g/mol. The number of nitrogens with one attached hydrogen (secondary N) is 2. The minimum Gasteiger partial charge on any atom is -0.375 e. The fourth-order valence-corrected chi connectivity index (χ4v) is 2.90. The Hall–Kier alpha value is -2.04. The first-order valence-electron chi connectivity index (χ1n) is 8.58. The van der Waals surface area contributed by atoms with Crippen molar-refractivity contribution in [2.75, 3.05) is 31.6 Å². The van der Waals surface area contributed by atoms with E-state index in [9.17, 15) is 4.79 Å². The zero-order chi connectivity index (χ0) is 18.1. The molecule has 0 aliphatic heterocycles. The van der Waals surface area contributed by atoms with Gasteiger partial charge in [-0.3, -0.25) is 4.79 Å². The molecule has 0 bridgehead atoms. The van der Waals surface area contributed by atoms with Gasteiger partial charge < -0.3 is 15.5 Å². The van der Waals surface area contributed by atoms with Gasteiger partial charge in [0, 0.05) is 36.9 Å². The van der Waals surface area contributed by atoms with Crippen LogP contribution in [0.4, 0.5) is 5.69 Å². The van der Waals surface area contributed by atoms with Gasteiger partial charge in [0.1, 0.15) is 0 Å². The molecule has 2 aromatic rings. The lowest BCUT2D eigenvalue weighted by atomic mass is 10.1. The van der Waals surface area contributed by atoms with Crippen molar-refractivity contribution in [2.45, 2.75) is 19.4 Å². The van der Waals surface area contributed by atoms with E-state index in [0.29, 0.717) is 11.6 Å². The molecular weight excluding hydrogens is 334 g/mol. The fourth-order valence-electron chi connectivity index (χ4n) is 2.60. The van der Waals surface area contributed by atoms with Crippen LogP contribution in [-0.2, 0) is 4.79 Å². The van der Waals surface area contributed by atoms with Crippen molar-refractivity contribution in [1.82, 2.24) is 10.6 Å². The van der Waals surface area contributed by atoms with Crippen molar-refractivity contribution < 1.29 is 4.79 Å². The first kappa shape index (κ1) is 19.3. The van der Waals surface area contributed by atoms with E-state index in [1.165, 1.54) is 5.69 Å². The lowest BCUT2D eigenvalue weighted by Gasteiger charge is -2.19. The molecule has 0 unspecified atom stereocenters. The molecule has 25 heavy (non-hydrogen) atoms. The Bertz CT molecular complexity index is 663. The number of para-hydroxylation sites is 1. The molecule has 0 aromatic heterocycles. The van der Waals surface area contributed by atoms with E-state index < -0.39 is 0 Å². The first-order chi connectivity index (χ1) is 12.1. The highest BCUT2D eigenvalue weighted by Gasteiger charge is 2.10. The van der Waals surface area contributed by atoms with Gasteiger partial charge in [0.15, 0.2) is 0 Å². The second kappa shape index (κ2) is 10.1. The van der Waals surface area contributed by atoms with Crippen LogP contribution >= 0.6 is 11.6 Å². The minimum atomic E-state index is 0.00117. The van der Waals surface area contributed by atoms with E-state index in [2.05, 4.69) is 34.7 Å². The summed E-state index contributed by atoms with van der Waals surface area (Å²) in [6, 6.07) is 17.9. The van der Waals surface area contributed by atoms with Crippen LogP contribution in [0.3, 0.4) is 0 Å². The molecule has 0 saturated carbocycles. The van der Waals surface area contributed by atoms with Crippen molar-refractivity contribution >= 4 is 23.2 Å². The maximum Gasteiger partial charge on any atom is 0.233 e. The van der Waals surface area contributed by atoms with E-state index in [1.54, 1.807) is 0 Å². The number of benzene rings is 2. The number of hydrogen-bond acceptors (Lipinski definition) is 3. The summed E-state index contributed by atoms with van der Waals surface area (Å²) < 4.78 is 0. The van der Waals surface area contributed by atoms with Gasteiger partial charge in [-0.1, -0.05) is 48.0 Å². The number of rotatable bonds is 9. The molecule has 1 amide bonds. The van der Waals surface area contributed by atoms with Gasteiger partial charge in [-0.05, 0) is 37.1 Å². The van der Waals surface area contributed by atoms with Gasteiger partial charge in [-0.25, -0.2) is 0 Å². The number of anilines is 1. The quantitative estimate of drug-likeness (QED) is 0.672. The van der Waals surface area contributed by atoms with Crippen LogP contribution in [0.5, 0.6) is 0 Å². The molecule has 0 spiro atoms. The van der Waals surface area contributed by atoms with E-state index >= 15 is 0 Å². The van der Waals surface area contributed by atoms with E-state index in [1.807, 2.05) is 49.4 Å². The third kappa shape index (κ3) is 6.40. The maximum atomic E-state index is 12.0. The van der Waals surface area contributed by atoms with Crippen molar-refractivity contribution in [3.63, 3.8) is 0 Å². The summed E-state index contributed by atoms with van der Waals surface area (Å²) in [5.41, 5.74) is 2.19. The Balaban J connectivity index is 1.63. The first-order valence-corrected chi connectivity index (χ1v) is 8.96. The van der Waals surface area contributed by atoms with Crippen molar-refractivity contribution in [3.8, 4) is 0 Å². The van der Waals surface area contributed by atoms with E-state index in [0.717, 1.165) is 18.5 Å². The molecule has 134 valence electrons. The Morgan fingerprint density at radius 1 is 1.12 bits per heavy atom. The third-order valence-corrected chi connectivity index (χ3v) is 4.47. The van der Waals surface area contributed by atoms with Gasteiger partial charge >= 0.3 is 0 Å². The van der Waals surface area contributed by atoms with Crippen molar-refractivity contribution in [3.05, 3.63) is 65.2 Å². The van der Waals surface area contributed by atoms with Crippen LogP contribution in [0, 0.1) is 0 Å². The summed E-state index contributed by atoms with van der Waals surface area (Å²) in [6.07, 6.45) is 0.900. The third-order valence-electron chi connectivity index (χ3n) is 4.13. The number of amides is 1. The van der Waals surface area contributed by atoms with Crippen LogP contribution in [0.2, 0.25) is 5.02 Å². The molecule has 2 N–H and O–H groups in total. The summed E-state index contributed by atoms with van der Waals surface area (Å²) in [5.74, 6) is 0.00117. The summed E-state index contributed by atoms with van der Waals surface area (Å²) in [7, 11) is 2.06. The van der Waals surface area contributed by atoms with E-state index in [-0.39, 0.29) is 18.5 Å². The lowest BCUT2D eigenvalue weighted by molar-refractivity contribution is -0.120. The largest absolute Gasteiger partial charge is 0.375 e. The van der Waals surface area contributed by atoms with Crippen LogP contribution in [0.15, 0.2) is 54.6 Å². The Morgan fingerprint density at radius 2 is 1.80 bits per heavy atom. The number of carbonyl (C=O) groups is 1. The average molecular weight is 360 g/mol. The fraction of sp³-hybridized carbons (Fsp3) is 0.350. The molecule has 2 aromatic carbocycles. The van der Waals surface area contributed by atoms with Gasteiger partial charge in [0.2, 0.25) is 5.91 Å². The summed E-state index contributed by atoms with van der Waals surface area (Å²) >= 11 is 6.17. The SMILES string of the molecule is C[C@@H](NCC(=O)NCCCN(C)c1ccccc1)c1ccccc1Cl. The predicted octanol–water partition coefficient (Wildman–Crippen LogP) is 3.63. The molecular formula is C20H26ClN3O. The van der Waals surface area contributed by atoms with Crippen molar-refractivity contribution in [2.24, 2.45) is 0 Å². The smallest absolute Gasteiger partial charge is 0.233 e. The topological polar surface area (TPSA) is 44.4 Å². The predicted molar refractivity (Wildman–Crippen MR) is 105 cm³/mol. The van der Waals surface area contributed by atoms with Crippen LogP contribution in [0.1, 0.15) is 24.9 Å². The molecule has 0 aliphatic rings. The average Bonchev–Trinajstić information content (AvgIpc) is 2.64. The Kier molecular flexibility index (Phi) is 7.76. The summed E-state index contributed by atoms with van der Waals surface area (Å²) in [5, 5.41) is 6.87. The van der Waals surface area contributed by atoms with E-state index in [4.69, 9.17) is 11.6 Å². The number of carbonyl (C=O) groups excluding carboxylic acids is 1. The summed E-state index contributed by atoms with van der Waals surface area (Å²) in [6.45, 7) is 3.84. The highest BCUT2D eigenvalue weighted by molar-refractivity contribution is 6.31. The lowest BCUT2D eigenvalue weighted by Crippen LogP contribution is -2.36. The van der Waals surface area contributed by atoms with Crippen LogP contribution in [-0.4, -0.2) is 32.6 Å². The van der Waals surface area contributed by atoms with Gasteiger partial charge in [0.05, 0.1) is 6.54 Å². The molecule has 0 aliphatic carbocycles. The molecule has 1 atom stereocenters. The highest BCUT2D eigenvalue weighted by atomic mass is 35.5. The second-order valence-corrected chi connectivity index (χ2v) is 6.49. The standard InChI is InChI=1S/C20H26ClN3O/c1-16(18-11-6-7-12-19(18)21)23-15-20(25)22-13-8-14-24(2)17-9-4-3-5-10-17/h3-7,9-12,16,23H,8,13-15H2,1-2H3,(H,22,25)/t16-/m1/s1. The molecule has 5 heteroatoms. The van der Waals surface area contributed by atoms with Crippen LogP contribution < -0.4 is 15.5 Å². The van der Waals surface area contributed by atoms with Gasteiger partial charge in [-0.2, -0.15) is 0 Å². The minimum absolute atomic E-state index is 0.00117. The van der Waals surface area contributed by atoms with Gasteiger partial charge in [-0.15, -0.1) is 0 Å². The molecule has 0 saturated heterocycles. The zero-order valence-electron chi connectivity index (χ0n) is 14.8. The van der Waals surface area contributed by atoms with Crippen molar-refractivity contribution in [1.29, 1.82) is 0 Å². The highest BCUT2D eigenvalue weighted by Crippen LogP contribution is 2.21. The summed E-state index contributed by atoms with van der Waals surface area (Å²) in [4.78, 5) is 14.1. The normalized spacial score (nSPS) is 11.8. The number of hydrogen-bond donors (Lipinski definition) is 2. The maximum absolute atomic E-state index is 12.0.